The number of ether oxygens (including phenoxy) is 2. The Labute approximate surface area is 141 Å². The van der Waals surface area contributed by atoms with E-state index in [1.165, 1.54) is 11.3 Å². The maximum absolute atomic E-state index is 11.9. The van der Waals surface area contributed by atoms with Crippen LogP contribution in [0.4, 0.5) is 0 Å². The fourth-order valence-corrected chi connectivity index (χ4v) is 3.92. The van der Waals surface area contributed by atoms with E-state index < -0.39 is 6.10 Å². The van der Waals surface area contributed by atoms with Gasteiger partial charge in [0, 0.05) is 29.5 Å². The molecule has 0 aliphatic carbocycles. The fraction of sp³-hybridized carbons (Fsp3) is 0.688. The van der Waals surface area contributed by atoms with Gasteiger partial charge >= 0.3 is 0 Å². The first-order chi connectivity index (χ1) is 10.8. The highest BCUT2D eigenvalue weighted by molar-refractivity contribution is 7.98. The summed E-state index contributed by atoms with van der Waals surface area (Å²) >= 11 is 3.61. The number of nitrogens with one attached hydrogen (secondary N) is 1. The molecule has 124 valence electrons. The summed E-state index contributed by atoms with van der Waals surface area (Å²) in [6.45, 7) is 3.82. The minimum absolute atomic E-state index is 0.0347. The topological polar surface area (TPSA) is 47.6 Å². The molecule has 2 heterocycles. The van der Waals surface area contributed by atoms with Crippen molar-refractivity contribution in [3.05, 3.63) is 22.4 Å². The molecule has 1 aliphatic rings. The highest BCUT2D eigenvalue weighted by Gasteiger charge is 2.18. The molecule has 1 aromatic rings. The normalized spacial score (nSPS) is 19.8. The van der Waals surface area contributed by atoms with Crippen molar-refractivity contribution >= 4 is 29.0 Å². The Morgan fingerprint density at radius 3 is 3.23 bits per heavy atom. The third kappa shape index (κ3) is 6.69. The predicted octanol–water partition coefficient (Wildman–Crippen LogP) is 3.07. The van der Waals surface area contributed by atoms with Gasteiger partial charge in [-0.2, -0.15) is 11.8 Å². The standard InChI is InChI=1S/C16H25NO3S2/c1-13(20-11-14-5-2-3-8-19-14)16(18)17-7-10-21-12-15-6-4-9-22-15/h4,6,9,13-14H,2-3,5,7-8,10-12H2,1H3,(H,17,18)/t13-,14-/m0/s1. The number of thioether (sulfide) groups is 1. The van der Waals surface area contributed by atoms with Crippen LogP contribution in [0.2, 0.25) is 0 Å². The van der Waals surface area contributed by atoms with Crippen LogP contribution in [0, 0.1) is 0 Å². The van der Waals surface area contributed by atoms with E-state index in [1.807, 2.05) is 11.8 Å². The number of carbonyl (C=O) groups is 1. The highest BCUT2D eigenvalue weighted by atomic mass is 32.2. The zero-order valence-electron chi connectivity index (χ0n) is 13.1. The Hall–Kier alpha value is -0.560. The molecular weight excluding hydrogens is 318 g/mol. The van der Waals surface area contributed by atoms with Crippen LogP contribution < -0.4 is 5.32 Å². The first-order valence-corrected chi connectivity index (χ1v) is 9.90. The highest BCUT2D eigenvalue weighted by Crippen LogP contribution is 2.16. The van der Waals surface area contributed by atoms with Crippen LogP contribution in [0.3, 0.4) is 0 Å². The number of amides is 1. The summed E-state index contributed by atoms with van der Waals surface area (Å²) in [5, 5.41) is 5.02. The van der Waals surface area contributed by atoms with Gasteiger partial charge in [0.1, 0.15) is 6.10 Å². The minimum atomic E-state index is -0.409. The quantitative estimate of drug-likeness (QED) is 0.700. The molecule has 1 amide bonds. The fourth-order valence-electron chi connectivity index (χ4n) is 2.22. The summed E-state index contributed by atoms with van der Waals surface area (Å²) in [7, 11) is 0. The van der Waals surface area contributed by atoms with Crippen LogP contribution in [0.5, 0.6) is 0 Å². The summed E-state index contributed by atoms with van der Waals surface area (Å²) in [5.41, 5.74) is 0. The first-order valence-electron chi connectivity index (χ1n) is 7.87. The summed E-state index contributed by atoms with van der Waals surface area (Å²) in [5.74, 6) is 1.90. The van der Waals surface area contributed by atoms with Crippen molar-refractivity contribution < 1.29 is 14.3 Å². The van der Waals surface area contributed by atoms with Crippen LogP contribution in [0.15, 0.2) is 17.5 Å². The van der Waals surface area contributed by atoms with E-state index in [9.17, 15) is 4.79 Å². The molecule has 1 saturated heterocycles. The number of thiophene rings is 1. The summed E-state index contributed by atoms with van der Waals surface area (Å²) in [4.78, 5) is 13.3. The van der Waals surface area contributed by atoms with E-state index in [1.54, 1.807) is 18.3 Å². The summed E-state index contributed by atoms with van der Waals surface area (Å²) in [6, 6.07) is 4.21. The van der Waals surface area contributed by atoms with Crippen LogP contribution in [-0.2, 0) is 20.0 Å². The summed E-state index contributed by atoms with van der Waals surface area (Å²) < 4.78 is 11.2. The molecule has 4 nitrogen and oxygen atoms in total. The first kappa shape index (κ1) is 17.8. The molecule has 2 atom stereocenters. The van der Waals surface area contributed by atoms with E-state index in [0.29, 0.717) is 13.2 Å². The van der Waals surface area contributed by atoms with Crippen LogP contribution in [-0.4, -0.2) is 43.6 Å². The minimum Gasteiger partial charge on any atom is -0.376 e. The maximum atomic E-state index is 11.9. The lowest BCUT2D eigenvalue weighted by Crippen LogP contribution is -2.37. The second-order valence-corrected chi connectivity index (χ2v) is 7.52. The second-order valence-electron chi connectivity index (χ2n) is 5.39. The van der Waals surface area contributed by atoms with Gasteiger partial charge in [-0.3, -0.25) is 4.79 Å². The smallest absolute Gasteiger partial charge is 0.248 e. The van der Waals surface area contributed by atoms with Gasteiger partial charge in [-0.25, -0.2) is 0 Å². The van der Waals surface area contributed by atoms with Gasteiger partial charge in [-0.05, 0) is 37.6 Å². The van der Waals surface area contributed by atoms with Crippen molar-refractivity contribution in [2.45, 2.75) is 44.1 Å². The Bertz CT molecular complexity index is 419. The SMILES string of the molecule is C[C@H](OC[C@@H]1CCCCO1)C(=O)NCCSCc1cccs1. The van der Waals surface area contributed by atoms with Crippen LogP contribution in [0.25, 0.3) is 0 Å². The molecule has 1 aliphatic heterocycles. The molecule has 0 saturated carbocycles. The van der Waals surface area contributed by atoms with E-state index in [2.05, 4.69) is 22.8 Å². The van der Waals surface area contributed by atoms with Gasteiger partial charge in [-0.1, -0.05) is 6.07 Å². The van der Waals surface area contributed by atoms with E-state index in [-0.39, 0.29) is 12.0 Å². The van der Waals surface area contributed by atoms with Crippen molar-refractivity contribution in [2.24, 2.45) is 0 Å². The molecule has 22 heavy (non-hydrogen) atoms. The molecule has 0 aromatic carbocycles. The Morgan fingerprint density at radius 2 is 2.50 bits per heavy atom. The van der Waals surface area contributed by atoms with Gasteiger partial charge in [0.05, 0.1) is 12.7 Å². The Balaban J connectivity index is 1.50. The lowest BCUT2D eigenvalue weighted by Gasteiger charge is -2.23. The average Bonchev–Trinajstić information content (AvgIpc) is 3.06. The lowest BCUT2D eigenvalue weighted by atomic mass is 10.1. The monoisotopic (exact) mass is 343 g/mol. The lowest BCUT2D eigenvalue weighted by molar-refractivity contribution is -0.135. The van der Waals surface area contributed by atoms with Crippen molar-refractivity contribution in [3.8, 4) is 0 Å². The Morgan fingerprint density at radius 1 is 1.59 bits per heavy atom. The largest absolute Gasteiger partial charge is 0.376 e. The van der Waals surface area contributed by atoms with Crippen molar-refractivity contribution in [2.75, 3.05) is 25.5 Å². The predicted molar refractivity (Wildman–Crippen MR) is 92.5 cm³/mol. The molecule has 0 spiro atoms. The Kier molecular flexibility index (Phi) is 8.30. The van der Waals surface area contributed by atoms with Crippen LogP contribution in [0.1, 0.15) is 31.1 Å². The zero-order valence-corrected chi connectivity index (χ0v) is 14.7. The van der Waals surface area contributed by atoms with E-state index in [0.717, 1.165) is 31.0 Å². The maximum Gasteiger partial charge on any atom is 0.248 e. The molecule has 1 N–H and O–H groups in total. The number of hydrogen-bond donors (Lipinski definition) is 1. The molecule has 1 aromatic heterocycles. The third-order valence-corrected chi connectivity index (χ3v) is 5.61. The molecule has 2 rings (SSSR count). The second kappa shape index (κ2) is 10.3. The van der Waals surface area contributed by atoms with Gasteiger partial charge in [0.15, 0.2) is 0 Å². The van der Waals surface area contributed by atoms with Crippen molar-refractivity contribution in [1.82, 2.24) is 5.32 Å². The molecular formula is C16H25NO3S2. The number of hydrogen-bond acceptors (Lipinski definition) is 5. The molecule has 6 heteroatoms. The molecule has 0 bridgehead atoms. The average molecular weight is 344 g/mol. The van der Waals surface area contributed by atoms with E-state index >= 15 is 0 Å². The van der Waals surface area contributed by atoms with Crippen molar-refractivity contribution in [3.63, 3.8) is 0 Å². The molecule has 1 fully saturated rings. The number of carbonyl (C=O) groups excluding carboxylic acids is 1. The summed E-state index contributed by atoms with van der Waals surface area (Å²) in [6.07, 6.45) is 3.11. The van der Waals surface area contributed by atoms with Crippen LogP contribution >= 0.6 is 23.1 Å². The van der Waals surface area contributed by atoms with Gasteiger partial charge in [0.2, 0.25) is 5.91 Å². The van der Waals surface area contributed by atoms with Crippen molar-refractivity contribution in [1.29, 1.82) is 0 Å². The van der Waals surface area contributed by atoms with Gasteiger partial charge in [0.25, 0.3) is 0 Å². The molecule has 0 unspecified atom stereocenters. The molecule has 0 radical (unpaired) electrons. The third-order valence-electron chi connectivity index (χ3n) is 3.55. The number of rotatable bonds is 9. The van der Waals surface area contributed by atoms with E-state index in [4.69, 9.17) is 9.47 Å². The zero-order chi connectivity index (χ0) is 15.6. The van der Waals surface area contributed by atoms with Gasteiger partial charge in [-0.15, -0.1) is 11.3 Å². The van der Waals surface area contributed by atoms with Gasteiger partial charge < -0.3 is 14.8 Å².